The monoisotopic (exact) mass is 233 g/mol. The van der Waals surface area contributed by atoms with Gasteiger partial charge in [0.15, 0.2) is 0 Å². The third-order valence-electron chi connectivity index (χ3n) is 3.45. The highest BCUT2D eigenvalue weighted by molar-refractivity contribution is 5.56. The van der Waals surface area contributed by atoms with Crippen LogP contribution in [0.5, 0.6) is 0 Å². The van der Waals surface area contributed by atoms with Crippen LogP contribution in [0.15, 0.2) is 24.3 Å². The zero-order valence-electron chi connectivity index (χ0n) is 11.1. The van der Waals surface area contributed by atoms with Crippen LogP contribution in [0.2, 0.25) is 0 Å². The summed E-state index contributed by atoms with van der Waals surface area (Å²) in [7, 11) is 0. The number of benzene rings is 1. The maximum atomic E-state index is 9.79. The molecule has 1 heterocycles. The molecular weight excluding hydrogens is 210 g/mol. The highest BCUT2D eigenvalue weighted by Crippen LogP contribution is 2.33. The molecule has 0 aromatic heterocycles. The molecule has 0 bridgehead atoms. The number of aliphatic hydroxyl groups excluding tert-OH is 1. The van der Waals surface area contributed by atoms with E-state index in [0.29, 0.717) is 0 Å². The molecule has 1 saturated heterocycles. The van der Waals surface area contributed by atoms with Gasteiger partial charge in [-0.25, -0.2) is 0 Å². The number of rotatable bonds is 1. The average Bonchev–Trinajstić information content (AvgIpc) is 2.28. The molecule has 1 aromatic rings. The molecule has 2 nitrogen and oxygen atoms in total. The molecule has 1 aromatic carbocycles. The number of anilines is 1. The van der Waals surface area contributed by atoms with Crippen molar-refractivity contribution in [1.82, 2.24) is 0 Å². The largest absolute Gasteiger partial charge is 0.391 e. The maximum Gasteiger partial charge on any atom is 0.0715 e. The Morgan fingerprint density at radius 3 is 2.59 bits per heavy atom. The van der Waals surface area contributed by atoms with Gasteiger partial charge in [-0.2, -0.15) is 0 Å². The molecule has 1 fully saturated rings. The summed E-state index contributed by atoms with van der Waals surface area (Å²) in [5, 5.41) is 9.79. The van der Waals surface area contributed by atoms with Crippen molar-refractivity contribution in [3.05, 3.63) is 29.8 Å². The van der Waals surface area contributed by atoms with Crippen molar-refractivity contribution < 1.29 is 5.11 Å². The summed E-state index contributed by atoms with van der Waals surface area (Å²) in [5.74, 6) is 0. The summed E-state index contributed by atoms with van der Waals surface area (Å²) in [4.78, 5) is 2.33. The summed E-state index contributed by atoms with van der Waals surface area (Å²) in [5.41, 5.74) is 2.81. The van der Waals surface area contributed by atoms with Gasteiger partial charge in [0.1, 0.15) is 0 Å². The van der Waals surface area contributed by atoms with Crippen LogP contribution < -0.4 is 4.90 Å². The quantitative estimate of drug-likeness (QED) is 0.806. The first kappa shape index (κ1) is 12.4. The summed E-state index contributed by atoms with van der Waals surface area (Å²) in [6.45, 7) is 8.56. The predicted octanol–water partition coefficient (Wildman–Crippen LogP) is 2.95. The molecule has 1 aliphatic rings. The van der Waals surface area contributed by atoms with Crippen LogP contribution in [0.1, 0.15) is 39.2 Å². The Hall–Kier alpha value is -1.02. The van der Waals surface area contributed by atoms with Crippen LogP contribution in [-0.4, -0.2) is 24.3 Å². The van der Waals surface area contributed by atoms with E-state index >= 15 is 0 Å². The van der Waals surface area contributed by atoms with Gasteiger partial charge in [0, 0.05) is 18.8 Å². The van der Waals surface area contributed by atoms with Crippen molar-refractivity contribution in [2.24, 2.45) is 0 Å². The van der Waals surface area contributed by atoms with E-state index in [9.17, 15) is 5.11 Å². The fourth-order valence-electron chi connectivity index (χ4n) is 2.56. The molecule has 0 aliphatic carbocycles. The third kappa shape index (κ3) is 2.81. The second-order valence-electron chi connectivity index (χ2n) is 6.01. The van der Waals surface area contributed by atoms with Crippen LogP contribution in [0.25, 0.3) is 0 Å². The molecule has 0 amide bonds. The SMILES string of the molecule is CC(C)(C)c1ccccc1N1CCCC(O)C1. The van der Waals surface area contributed by atoms with Gasteiger partial charge in [0.2, 0.25) is 0 Å². The van der Waals surface area contributed by atoms with Gasteiger partial charge in [-0.3, -0.25) is 0 Å². The lowest BCUT2D eigenvalue weighted by molar-refractivity contribution is 0.154. The molecule has 1 atom stereocenters. The first-order chi connectivity index (χ1) is 7.98. The summed E-state index contributed by atoms with van der Waals surface area (Å²) >= 11 is 0. The number of aliphatic hydroxyl groups is 1. The second kappa shape index (κ2) is 4.69. The van der Waals surface area contributed by atoms with Gasteiger partial charge < -0.3 is 10.0 Å². The van der Waals surface area contributed by atoms with Crippen molar-refractivity contribution in [2.75, 3.05) is 18.0 Å². The standard InChI is InChI=1S/C15H23NO/c1-15(2,3)13-8-4-5-9-14(13)16-10-6-7-12(17)11-16/h4-5,8-9,12,17H,6-7,10-11H2,1-3H3. The fourth-order valence-corrected chi connectivity index (χ4v) is 2.56. The number of para-hydroxylation sites is 1. The number of β-amino-alcohol motifs (C(OH)–C–C–N with tert-alkyl or cyclic N) is 1. The van der Waals surface area contributed by atoms with Gasteiger partial charge in [0.25, 0.3) is 0 Å². The number of hydrogen-bond acceptors (Lipinski definition) is 2. The van der Waals surface area contributed by atoms with Crippen molar-refractivity contribution in [1.29, 1.82) is 0 Å². The van der Waals surface area contributed by atoms with E-state index in [1.54, 1.807) is 0 Å². The summed E-state index contributed by atoms with van der Waals surface area (Å²) in [6.07, 6.45) is 1.85. The van der Waals surface area contributed by atoms with Gasteiger partial charge in [-0.15, -0.1) is 0 Å². The van der Waals surface area contributed by atoms with Gasteiger partial charge in [-0.1, -0.05) is 39.0 Å². The average molecular weight is 233 g/mol. The summed E-state index contributed by atoms with van der Waals surface area (Å²) < 4.78 is 0. The molecule has 0 spiro atoms. The van der Waals surface area contributed by atoms with E-state index in [4.69, 9.17) is 0 Å². The van der Waals surface area contributed by atoms with Crippen LogP contribution >= 0.6 is 0 Å². The topological polar surface area (TPSA) is 23.5 Å². The zero-order chi connectivity index (χ0) is 12.5. The molecule has 2 rings (SSSR count). The van der Waals surface area contributed by atoms with Crippen molar-refractivity contribution in [3.63, 3.8) is 0 Å². The normalized spacial score (nSPS) is 21.6. The van der Waals surface area contributed by atoms with E-state index in [1.165, 1.54) is 11.3 Å². The van der Waals surface area contributed by atoms with Gasteiger partial charge in [0.05, 0.1) is 6.10 Å². The Labute approximate surface area is 104 Å². The Morgan fingerprint density at radius 2 is 1.94 bits per heavy atom. The minimum Gasteiger partial charge on any atom is -0.391 e. The number of piperidine rings is 1. The van der Waals surface area contributed by atoms with Crippen LogP contribution in [0.3, 0.4) is 0 Å². The molecule has 0 radical (unpaired) electrons. The Balaban J connectivity index is 2.31. The molecule has 1 unspecified atom stereocenters. The van der Waals surface area contributed by atoms with Crippen molar-refractivity contribution in [2.45, 2.75) is 45.1 Å². The Kier molecular flexibility index (Phi) is 3.43. The van der Waals surface area contributed by atoms with E-state index in [0.717, 1.165) is 25.9 Å². The minimum atomic E-state index is -0.170. The molecule has 1 aliphatic heterocycles. The Bertz CT molecular complexity index is 381. The van der Waals surface area contributed by atoms with E-state index in [2.05, 4.69) is 49.9 Å². The lowest BCUT2D eigenvalue weighted by atomic mass is 9.85. The van der Waals surface area contributed by atoms with Gasteiger partial charge >= 0.3 is 0 Å². The molecule has 0 saturated carbocycles. The first-order valence-electron chi connectivity index (χ1n) is 6.51. The first-order valence-corrected chi connectivity index (χ1v) is 6.51. The van der Waals surface area contributed by atoms with E-state index in [-0.39, 0.29) is 11.5 Å². The second-order valence-corrected chi connectivity index (χ2v) is 6.01. The third-order valence-corrected chi connectivity index (χ3v) is 3.45. The Morgan fingerprint density at radius 1 is 1.24 bits per heavy atom. The van der Waals surface area contributed by atoms with Gasteiger partial charge in [-0.05, 0) is 29.9 Å². The van der Waals surface area contributed by atoms with Crippen LogP contribution in [-0.2, 0) is 5.41 Å². The molecular formula is C15H23NO. The molecule has 17 heavy (non-hydrogen) atoms. The van der Waals surface area contributed by atoms with Crippen molar-refractivity contribution >= 4 is 5.69 Å². The minimum absolute atomic E-state index is 0.152. The zero-order valence-corrected chi connectivity index (χ0v) is 11.1. The molecule has 1 N–H and O–H groups in total. The van der Waals surface area contributed by atoms with E-state index < -0.39 is 0 Å². The lowest BCUT2D eigenvalue weighted by Crippen LogP contribution is -2.39. The van der Waals surface area contributed by atoms with E-state index in [1.807, 2.05) is 0 Å². The lowest BCUT2D eigenvalue weighted by Gasteiger charge is -2.35. The maximum absolute atomic E-state index is 9.79. The molecule has 94 valence electrons. The smallest absolute Gasteiger partial charge is 0.0715 e. The predicted molar refractivity (Wildman–Crippen MR) is 72.6 cm³/mol. The highest BCUT2D eigenvalue weighted by Gasteiger charge is 2.24. The summed E-state index contributed by atoms with van der Waals surface area (Å²) in [6, 6.07) is 8.57. The van der Waals surface area contributed by atoms with Crippen LogP contribution in [0, 0.1) is 0 Å². The highest BCUT2D eigenvalue weighted by atomic mass is 16.3. The fraction of sp³-hybridized carbons (Fsp3) is 0.600. The number of nitrogens with zero attached hydrogens (tertiary/aromatic N) is 1. The molecule has 2 heteroatoms. The van der Waals surface area contributed by atoms with Crippen molar-refractivity contribution in [3.8, 4) is 0 Å². The number of hydrogen-bond donors (Lipinski definition) is 1. The van der Waals surface area contributed by atoms with Crippen LogP contribution in [0.4, 0.5) is 5.69 Å².